The number of nitrogens with zero attached hydrogens (tertiary/aromatic N) is 4. The molecule has 168 valence electrons. The number of hydrogen-bond donors (Lipinski definition) is 1. The third-order valence-electron chi connectivity index (χ3n) is 5.08. The second-order valence-corrected chi connectivity index (χ2v) is 8.64. The Kier molecular flexibility index (Phi) is 6.42. The van der Waals surface area contributed by atoms with E-state index in [1.54, 1.807) is 25.1 Å². The van der Waals surface area contributed by atoms with Gasteiger partial charge in [-0.05, 0) is 62.7 Å². The van der Waals surface area contributed by atoms with E-state index in [1.807, 2.05) is 18.7 Å². The fourth-order valence-electron chi connectivity index (χ4n) is 3.41. The van der Waals surface area contributed by atoms with Crippen LogP contribution in [0.5, 0.6) is 0 Å². The van der Waals surface area contributed by atoms with Gasteiger partial charge in [0.2, 0.25) is 10.0 Å². The van der Waals surface area contributed by atoms with Gasteiger partial charge in [-0.3, -0.25) is 14.9 Å². The third kappa shape index (κ3) is 4.53. The van der Waals surface area contributed by atoms with Gasteiger partial charge in [0.05, 0.1) is 26.8 Å². The van der Waals surface area contributed by atoms with Crippen LogP contribution in [0.3, 0.4) is 0 Å². The van der Waals surface area contributed by atoms with E-state index in [0.717, 1.165) is 5.01 Å². The number of rotatable bonds is 7. The van der Waals surface area contributed by atoms with Gasteiger partial charge in [-0.1, -0.05) is 6.07 Å². The molecule has 2 aromatic carbocycles. The van der Waals surface area contributed by atoms with Gasteiger partial charge < -0.3 is 4.90 Å². The summed E-state index contributed by atoms with van der Waals surface area (Å²) in [5.41, 5.74) is 2.05. The van der Waals surface area contributed by atoms with Gasteiger partial charge in [0.1, 0.15) is 5.69 Å². The lowest BCUT2D eigenvalue weighted by atomic mass is 10.1. The summed E-state index contributed by atoms with van der Waals surface area (Å²) in [6.45, 7) is 6.75. The van der Waals surface area contributed by atoms with E-state index in [9.17, 15) is 23.3 Å². The summed E-state index contributed by atoms with van der Waals surface area (Å²) in [5.74, 6) is -0.429. The number of amides is 1. The highest BCUT2D eigenvalue weighted by atomic mass is 32.2. The number of sulfonamides is 1. The summed E-state index contributed by atoms with van der Waals surface area (Å²) < 4.78 is 22.9. The number of nitrogens with two attached hydrogens (primary N) is 1. The molecule has 1 aliphatic heterocycles. The minimum absolute atomic E-state index is 0.0430. The smallest absolute Gasteiger partial charge is 0.293 e. The van der Waals surface area contributed by atoms with Crippen LogP contribution >= 0.6 is 0 Å². The first-order chi connectivity index (χ1) is 15.1. The minimum Gasteiger partial charge on any atom is -0.367 e. The number of nitro groups is 1. The summed E-state index contributed by atoms with van der Waals surface area (Å²) in [6, 6.07) is 10.3. The fraction of sp³-hybridized carbons (Fsp3) is 0.238. The largest absolute Gasteiger partial charge is 0.367 e. The van der Waals surface area contributed by atoms with E-state index in [-0.39, 0.29) is 16.2 Å². The molecular weight excluding hydrogens is 434 g/mol. The number of hydrazone groups is 1. The van der Waals surface area contributed by atoms with Crippen molar-refractivity contribution in [3.63, 3.8) is 0 Å². The highest BCUT2D eigenvalue weighted by Gasteiger charge is 2.29. The molecular formula is C21H23N5O5S. The predicted molar refractivity (Wildman–Crippen MR) is 123 cm³/mol. The molecule has 0 radical (unpaired) electrons. The Morgan fingerprint density at radius 1 is 1.16 bits per heavy atom. The van der Waals surface area contributed by atoms with Crippen LogP contribution in [0, 0.1) is 10.1 Å². The molecule has 0 saturated carbocycles. The summed E-state index contributed by atoms with van der Waals surface area (Å²) in [7, 11) is -3.85. The van der Waals surface area contributed by atoms with Crippen molar-refractivity contribution >= 4 is 44.8 Å². The Morgan fingerprint density at radius 2 is 1.78 bits per heavy atom. The molecule has 1 heterocycles. The van der Waals surface area contributed by atoms with E-state index < -0.39 is 20.9 Å². The fourth-order valence-corrected chi connectivity index (χ4v) is 3.93. The molecule has 32 heavy (non-hydrogen) atoms. The number of benzene rings is 2. The Balaban J connectivity index is 1.95. The first-order valence-corrected chi connectivity index (χ1v) is 11.4. The van der Waals surface area contributed by atoms with Crippen molar-refractivity contribution in [3.8, 4) is 0 Å². The van der Waals surface area contributed by atoms with E-state index in [2.05, 4.69) is 5.10 Å². The lowest BCUT2D eigenvalue weighted by molar-refractivity contribution is -0.384. The molecule has 0 saturated heterocycles. The van der Waals surface area contributed by atoms with Gasteiger partial charge in [-0.25, -0.2) is 13.6 Å². The number of carbonyl (C=O) groups excluding carboxylic acids is 1. The average Bonchev–Trinajstić information content (AvgIpc) is 3.03. The lowest BCUT2D eigenvalue weighted by Crippen LogP contribution is -2.23. The molecule has 0 bridgehead atoms. The molecule has 1 aliphatic rings. The molecule has 0 spiro atoms. The van der Waals surface area contributed by atoms with E-state index in [1.165, 1.54) is 30.3 Å². The Morgan fingerprint density at radius 3 is 2.31 bits per heavy atom. The van der Waals surface area contributed by atoms with Crippen LogP contribution in [0.4, 0.5) is 17.1 Å². The molecule has 3 rings (SSSR count). The van der Waals surface area contributed by atoms with Gasteiger partial charge in [0, 0.05) is 19.2 Å². The van der Waals surface area contributed by atoms with Gasteiger partial charge >= 0.3 is 0 Å². The van der Waals surface area contributed by atoms with Gasteiger partial charge in [-0.2, -0.15) is 10.1 Å². The van der Waals surface area contributed by atoms with Gasteiger partial charge in [-0.15, -0.1) is 0 Å². The quantitative estimate of drug-likeness (QED) is 0.385. The summed E-state index contributed by atoms with van der Waals surface area (Å²) in [5, 5.41) is 22.1. The van der Waals surface area contributed by atoms with Crippen LogP contribution in [0.2, 0.25) is 0 Å². The first-order valence-electron chi connectivity index (χ1n) is 9.84. The molecule has 0 atom stereocenters. The highest BCUT2D eigenvalue weighted by molar-refractivity contribution is 7.89. The van der Waals surface area contributed by atoms with Gasteiger partial charge in [0.15, 0.2) is 0 Å². The summed E-state index contributed by atoms with van der Waals surface area (Å²) in [6.07, 6.45) is 1.55. The normalized spacial score (nSPS) is 15.2. The van der Waals surface area contributed by atoms with Crippen molar-refractivity contribution in [1.82, 2.24) is 0 Å². The monoisotopic (exact) mass is 457 g/mol. The SMILES string of the molecule is CCN(CC)c1ccc(/C=C2\C(=O)N(c3ccc(S(N)(=O)=O)cc3)N=C2C)cc1[N+](=O)[O-]. The minimum atomic E-state index is -3.85. The topological polar surface area (TPSA) is 139 Å². The maximum Gasteiger partial charge on any atom is 0.293 e. The van der Waals surface area contributed by atoms with Crippen LogP contribution in [0.15, 0.2) is 58.0 Å². The molecule has 11 heteroatoms. The highest BCUT2D eigenvalue weighted by Crippen LogP contribution is 2.31. The molecule has 0 fully saturated rings. The van der Waals surface area contributed by atoms with Crippen LogP contribution in [0.25, 0.3) is 6.08 Å². The van der Waals surface area contributed by atoms with E-state index in [4.69, 9.17) is 5.14 Å². The van der Waals surface area contributed by atoms with Crippen LogP contribution in [-0.4, -0.2) is 38.0 Å². The zero-order chi connectivity index (χ0) is 23.6. The van der Waals surface area contributed by atoms with E-state index >= 15 is 0 Å². The first kappa shape index (κ1) is 23.1. The van der Waals surface area contributed by atoms with Crippen LogP contribution in [-0.2, 0) is 14.8 Å². The molecule has 2 aromatic rings. The third-order valence-corrected chi connectivity index (χ3v) is 6.01. The molecule has 1 amide bonds. The number of hydrogen-bond acceptors (Lipinski definition) is 7. The Labute approximate surface area is 185 Å². The van der Waals surface area contributed by atoms with Crippen LogP contribution in [0.1, 0.15) is 26.3 Å². The Bertz CT molecular complexity index is 1230. The summed E-state index contributed by atoms with van der Waals surface area (Å²) >= 11 is 0. The molecule has 10 nitrogen and oxygen atoms in total. The number of nitro benzene ring substituents is 1. The molecule has 0 aromatic heterocycles. The lowest BCUT2D eigenvalue weighted by Gasteiger charge is -2.20. The van der Waals surface area contributed by atoms with Crippen molar-refractivity contribution < 1.29 is 18.1 Å². The maximum atomic E-state index is 12.9. The van der Waals surface area contributed by atoms with Crippen molar-refractivity contribution in [1.29, 1.82) is 0 Å². The zero-order valence-electron chi connectivity index (χ0n) is 17.8. The summed E-state index contributed by atoms with van der Waals surface area (Å²) in [4.78, 5) is 25.9. The van der Waals surface area contributed by atoms with Crippen molar-refractivity contribution in [2.24, 2.45) is 10.2 Å². The predicted octanol–water partition coefficient (Wildman–Crippen LogP) is 2.89. The Hall–Kier alpha value is -3.57. The average molecular weight is 458 g/mol. The number of anilines is 2. The van der Waals surface area contributed by atoms with Crippen molar-refractivity contribution in [3.05, 3.63) is 63.7 Å². The molecule has 0 unspecified atom stereocenters. The number of primary sulfonamides is 1. The van der Waals surface area contributed by atoms with E-state index in [0.29, 0.717) is 35.7 Å². The molecule has 2 N–H and O–H groups in total. The second kappa shape index (κ2) is 8.89. The maximum absolute atomic E-state index is 12.9. The standard InChI is InChI=1S/C21H23N5O5S/c1-4-24(5-2)19-11-6-15(13-20(19)26(28)29)12-18-14(3)23-25(21(18)27)16-7-9-17(10-8-16)32(22,30)31/h6-13H,4-5H2,1-3H3,(H2,22,30,31)/b18-12-. The number of carbonyl (C=O) groups is 1. The molecule has 0 aliphatic carbocycles. The zero-order valence-corrected chi connectivity index (χ0v) is 18.7. The van der Waals surface area contributed by atoms with Crippen molar-refractivity contribution in [2.75, 3.05) is 23.0 Å². The second-order valence-electron chi connectivity index (χ2n) is 7.08. The van der Waals surface area contributed by atoms with Crippen molar-refractivity contribution in [2.45, 2.75) is 25.7 Å². The van der Waals surface area contributed by atoms with Crippen LogP contribution < -0.4 is 15.0 Å². The van der Waals surface area contributed by atoms with Gasteiger partial charge in [0.25, 0.3) is 11.6 Å².